The summed E-state index contributed by atoms with van der Waals surface area (Å²) < 4.78 is 0. The summed E-state index contributed by atoms with van der Waals surface area (Å²) in [4.78, 5) is 18.9. The lowest BCUT2D eigenvalue weighted by Gasteiger charge is -2.05. The maximum Gasteiger partial charge on any atom is 0.227 e. The van der Waals surface area contributed by atoms with Crippen molar-refractivity contribution >= 4 is 11.6 Å². The summed E-state index contributed by atoms with van der Waals surface area (Å²) in [6, 6.07) is 7.71. The van der Waals surface area contributed by atoms with Gasteiger partial charge in [0.1, 0.15) is 5.82 Å². The molecule has 1 aromatic carbocycles. The van der Waals surface area contributed by atoms with Crippen LogP contribution in [0.3, 0.4) is 0 Å². The van der Waals surface area contributed by atoms with Crippen LogP contribution in [0, 0.1) is 5.92 Å². The topological polar surface area (TPSA) is 57.8 Å². The number of nitrogens with one attached hydrogen (secondary N) is 2. The van der Waals surface area contributed by atoms with Crippen LogP contribution in [0.5, 0.6) is 0 Å². The van der Waals surface area contributed by atoms with Crippen molar-refractivity contribution < 1.29 is 4.79 Å². The molecule has 0 bridgehead atoms. The normalized spacial score (nSPS) is 14.6. The van der Waals surface area contributed by atoms with E-state index in [1.165, 1.54) is 0 Å². The van der Waals surface area contributed by atoms with Crippen LogP contribution in [0.15, 0.2) is 36.7 Å². The Kier molecular flexibility index (Phi) is 2.40. The number of nitrogens with zero attached hydrogens (tertiary/aromatic N) is 1. The quantitative estimate of drug-likeness (QED) is 0.846. The number of carbonyl (C=O) groups excluding carboxylic acids is 1. The lowest BCUT2D eigenvalue weighted by atomic mass is 10.2. The molecule has 0 atom stereocenters. The van der Waals surface area contributed by atoms with Gasteiger partial charge in [0.05, 0.1) is 0 Å². The van der Waals surface area contributed by atoms with Crippen molar-refractivity contribution in [2.45, 2.75) is 12.8 Å². The second-order valence-electron chi connectivity index (χ2n) is 4.28. The summed E-state index contributed by atoms with van der Waals surface area (Å²) in [6.07, 6.45) is 5.53. The lowest BCUT2D eigenvalue weighted by molar-refractivity contribution is -0.117. The zero-order valence-electron chi connectivity index (χ0n) is 9.31. The van der Waals surface area contributed by atoms with Gasteiger partial charge in [-0.15, -0.1) is 0 Å². The monoisotopic (exact) mass is 227 g/mol. The van der Waals surface area contributed by atoms with Gasteiger partial charge in [-0.1, -0.05) is 12.1 Å². The molecule has 0 unspecified atom stereocenters. The van der Waals surface area contributed by atoms with E-state index in [0.29, 0.717) is 0 Å². The van der Waals surface area contributed by atoms with Crippen LogP contribution >= 0.6 is 0 Å². The maximum absolute atomic E-state index is 11.6. The van der Waals surface area contributed by atoms with Gasteiger partial charge in [-0.3, -0.25) is 4.79 Å². The van der Waals surface area contributed by atoms with Gasteiger partial charge in [0, 0.05) is 29.6 Å². The second-order valence-corrected chi connectivity index (χ2v) is 4.28. The number of amides is 1. The zero-order valence-corrected chi connectivity index (χ0v) is 9.31. The van der Waals surface area contributed by atoms with Crippen molar-refractivity contribution in [1.82, 2.24) is 9.97 Å². The Balaban J connectivity index is 1.81. The molecule has 2 N–H and O–H groups in total. The van der Waals surface area contributed by atoms with Crippen molar-refractivity contribution in [3.63, 3.8) is 0 Å². The molecule has 4 nitrogen and oxygen atoms in total. The Hall–Kier alpha value is -2.10. The lowest BCUT2D eigenvalue weighted by Crippen LogP contribution is -2.13. The molecule has 1 saturated carbocycles. The molecule has 1 amide bonds. The highest BCUT2D eigenvalue weighted by Gasteiger charge is 2.29. The van der Waals surface area contributed by atoms with Gasteiger partial charge in [0.25, 0.3) is 0 Å². The highest BCUT2D eigenvalue weighted by molar-refractivity contribution is 5.94. The smallest absolute Gasteiger partial charge is 0.227 e. The number of aromatic nitrogens is 2. The first kappa shape index (κ1) is 10.1. The van der Waals surface area contributed by atoms with E-state index < -0.39 is 0 Å². The number of aromatic amines is 1. The Labute approximate surface area is 99.1 Å². The van der Waals surface area contributed by atoms with Crippen LogP contribution in [-0.4, -0.2) is 15.9 Å². The minimum Gasteiger partial charge on any atom is -0.345 e. The van der Waals surface area contributed by atoms with Crippen LogP contribution in [0.1, 0.15) is 12.8 Å². The van der Waals surface area contributed by atoms with Gasteiger partial charge >= 0.3 is 0 Å². The molecule has 4 heteroatoms. The number of anilines is 1. The van der Waals surface area contributed by atoms with Crippen molar-refractivity contribution in [3.8, 4) is 11.4 Å². The number of hydrogen-bond donors (Lipinski definition) is 2. The van der Waals surface area contributed by atoms with E-state index >= 15 is 0 Å². The van der Waals surface area contributed by atoms with Gasteiger partial charge in [-0.05, 0) is 25.0 Å². The average Bonchev–Trinajstić information content (AvgIpc) is 3.05. The number of imidazole rings is 1. The van der Waals surface area contributed by atoms with E-state index in [2.05, 4.69) is 15.3 Å². The van der Waals surface area contributed by atoms with Crippen molar-refractivity contribution in [2.75, 3.05) is 5.32 Å². The van der Waals surface area contributed by atoms with E-state index in [0.717, 1.165) is 29.9 Å². The van der Waals surface area contributed by atoms with Crippen molar-refractivity contribution in [3.05, 3.63) is 36.7 Å². The fraction of sp³-hybridized carbons (Fsp3) is 0.231. The summed E-state index contributed by atoms with van der Waals surface area (Å²) in [5, 5.41) is 2.93. The van der Waals surface area contributed by atoms with Crippen LogP contribution in [0.2, 0.25) is 0 Å². The van der Waals surface area contributed by atoms with Crippen molar-refractivity contribution in [2.24, 2.45) is 5.92 Å². The molecule has 1 aliphatic rings. The average molecular weight is 227 g/mol. The Morgan fingerprint density at radius 2 is 2.29 bits per heavy atom. The zero-order chi connectivity index (χ0) is 11.7. The van der Waals surface area contributed by atoms with Crippen LogP contribution in [0.4, 0.5) is 5.69 Å². The van der Waals surface area contributed by atoms with Gasteiger partial charge < -0.3 is 10.3 Å². The van der Waals surface area contributed by atoms with Crippen LogP contribution in [-0.2, 0) is 4.79 Å². The summed E-state index contributed by atoms with van der Waals surface area (Å²) in [7, 11) is 0. The minimum absolute atomic E-state index is 0.126. The van der Waals surface area contributed by atoms with E-state index in [-0.39, 0.29) is 11.8 Å². The number of hydrogen-bond acceptors (Lipinski definition) is 2. The number of H-pyrrole nitrogens is 1. The molecule has 2 aromatic rings. The molecular formula is C13H13N3O. The largest absolute Gasteiger partial charge is 0.345 e. The molecule has 0 radical (unpaired) electrons. The Morgan fingerprint density at radius 3 is 3.00 bits per heavy atom. The molecule has 0 spiro atoms. The summed E-state index contributed by atoms with van der Waals surface area (Å²) >= 11 is 0. The highest BCUT2D eigenvalue weighted by atomic mass is 16.2. The molecular weight excluding hydrogens is 214 g/mol. The third-order valence-electron chi connectivity index (χ3n) is 2.85. The predicted octanol–water partition coefficient (Wildman–Crippen LogP) is 2.43. The first-order valence-corrected chi connectivity index (χ1v) is 5.73. The van der Waals surface area contributed by atoms with Crippen LogP contribution in [0.25, 0.3) is 11.4 Å². The Morgan fingerprint density at radius 1 is 1.41 bits per heavy atom. The summed E-state index contributed by atoms with van der Waals surface area (Å²) in [6.45, 7) is 0. The molecule has 17 heavy (non-hydrogen) atoms. The molecule has 1 heterocycles. The van der Waals surface area contributed by atoms with E-state index in [1.807, 2.05) is 24.3 Å². The molecule has 0 aliphatic heterocycles. The summed E-state index contributed by atoms with van der Waals surface area (Å²) in [5.74, 6) is 1.16. The first-order chi connectivity index (χ1) is 8.33. The fourth-order valence-electron chi connectivity index (χ4n) is 1.76. The number of carbonyl (C=O) groups is 1. The molecule has 1 aromatic heterocycles. The van der Waals surface area contributed by atoms with Gasteiger partial charge in [-0.2, -0.15) is 0 Å². The Bertz CT molecular complexity index is 529. The second kappa shape index (κ2) is 4.05. The third-order valence-corrected chi connectivity index (χ3v) is 2.85. The number of benzene rings is 1. The number of rotatable bonds is 3. The van der Waals surface area contributed by atoms with E-state index in [1.54, 1.807) is 12.4 Å². The fourth-order valence-corrected chi connectivity index (χ4v) is 1.76. The van der Waals surface area contributed by atoms with Crippen molar-refractivity contribution in [1.29, 1.82) is 0 Å². The molecule has 0 saturated heterocycles. The molecule has 86 valence electrons. The first-order valence-electron chi connectivity index (χ1n) is 5.73. The van der Waals surface area contributed by atoms with Gasteiger partial charge in [0.2, 0.25) is 5.91 Å². The summed E-state index contributed by atoms with van der Waals surface area (Å²) in [5.41, 5.74) is 1.80. The highest BCUT2D eigenvalue weighted by Crippen LogP contribution is 2.30. The maximum atomic E-state index is 11.6. The molecule has 1 aliphatic carbocycles. The molecule has 3 rings (SSSR count). The third kappa shape index (κ3) is 2.20. The minimum atomic E-state index is 0.126. The van der Waals surface area contributed by atoms with E-state index in [9.17, 15) is 4.79 Å². The van der Waals surface area contributed by atoms with Gasteiger partial charge in [0.15, 0.2) is 0 Å². The molecule has 1 fully saturated rings. The predicted molar refractivity (Wildman–Crippen MR) is 65.4 cm³/mol. The standard InChI is InChI=1S/C13H13N3O/c17-13(9-4-5-9)16-11-3-1-2-10(8-11)12-14-6-7-15-12/h1-3,6-9H,4-5H2,(H,14,15)(H,16,17). The van der Waals surface area contributed by atoms with Crippen LogP contribution < -0.4 is 5.32 Å². The SMILES string of the molecule is O=C(Nc1cccc(-c2ncc[nH]2)c1)C1CC1. The van der Waals surface area contributed by atoms with E-state index in [4.69, 9.17) is 0 Å². The van der Waals surface area contributed by atoms with Gasteiger partial charge in [-0.25, -0.2) is 4.98 Å².